The smallest absolute Gasteiger partial charge is 0.289 e. The predicted molar refractivity (Wildman–Crippen MR) is 76.7 cm³/mol. The summed E-state index contributed by atoms with van der Waals surface area (Å²) in [7, 11) is 0. The van der Waals surface area contributed by atoms with E-state index in [9.17, 15) is 9.59 Å². The number of carbonyl (C=O) groups excluding carboxylic acids is 2. The summed E-state index contributed by atoms with van der Waals surface area (Å²) in [6.07, 6.45) is 0. The third-order valence-electron chi connectivity index (χ3n) is 3.57. The molecule has 6 nitrogen and oxygen atoms in total. The lowest BCUT2D eigenvalue weighted by Gasteiger charge is -2.39. The van der Waals surface area contributed by atoms with E-state index in [4.69, 9.17) is 9.47 Å². The molecule has 21 heavy (non-hydrogen) atoms. The fourth-order valence-corrected chi connectivity index (χ4v) is 2.50. The summed E-state index contributed by atoms with van der Waals surface area (Å²) in [5, 5.41) is 5.46. The van der Waals surface area contributed by atoms with Gasteiger partial charge in [0, 0.05) is 23.6 Å². The summed E-state index contributed by atoms with van der Waals surface area (Å²) in [5.41, 5.74) is 1.72. The van der Waals surface area contributed by atoms with Crippen LogP contribution in [0.5, 0.6) is 0 Å². The Bertz CT molecular complexity index is 614. The Kier molecular flexibility index (Phi) is 3.04. The second-order valence-electron chi connectivity index (χ2n) is 6.25. The van der Waals surface area contributed by atoms with Crippen molar-refractivity contribution in [3.05, 3.63) is 23.8 Å². The molecule has 0 aliphatic carbocycles. The van der Waals surface area contributed by atoms with E-state index in [2.05, 4.69) is 10.6 Å². The van der Waals surface area contributed by atoms with Gasteiger partial charge >= 0.3 is 0 Å². The standard InChI is InChI=1S/C15H18N2O4/c1-9(18)16-10-4-5-12-11(6-10)15(13(19)17-12)20-7-14(2,3)8-21-15/h4-6H,7-8H2,1-3H3,(H,16,18)(H,17,19). The van der Waals surface area contributed by atoms with E-state index in [0.29, 0.717) is 30.2 Å². The lowest BCUT2D eigenvalue weighted by Crippen LogP contribution is -2.49. The highest BCUT2D eigenvalue weighted by atomic mass is 16.7. The summed E-state index contributed by atoms with van der Waals surface area (Å²) < 4.78 is 11.6. The number of hydrogen-bond donors (Lipinski definition) is 2. The van der Waals surface area contributed by atoms with Crippen molar-refractivity contribution in [2.45, 2.75) is 26.6 Å². The van der Waals surface area contributed by atoms with Gasteiger partial charge in [0.1, 0.15) is 0 Å². The third-order valence-corrected chi connectivity index (χ3v) is 3.57. The molecule has 2 aliphatic heterocycles. The zero-order chi connectivity index (χ0) is 15.3. The molecule has 0 radical (unpaired) electrons. The summed E-state index contributed by atoms with van der Waals surface area (Å²) in [5.74, 6) is -1.90. The van der Waals surface area contributed by atoms with Crippen molar-refractivity contribution in [2.24, 2.45) is 5.41 Å². The van der Waals surface area contributed by atoms with Crippen molar-refractivity contribution in [3.8, 4) is 0 Å². The topological polar surface area (TPSA) is 76.7 Å². The lowest BCUT2D eigenvalue weighted by atomic mass is 9.93. The Balaban J connectivity index is 1.98. The van der Waals surface area contributed by atoms with Crippen LogP contribution in [0.3, 0.4) is 0 Å². The van der Waals surface area contributed by atoms with Crippen LogP contribution in [0.15, 0.2) is 18.2 Å². The fraction of sp³-hybridized carbons (Fsp3) is 0.467. The van der Waals surface area contributed by atoms with E-state index < -0.39 is 5.79 Å². The first kappa shape index (κ1) is 14.0. The highest BCUT2D eigenvalue weighted by Gasteiger charge is 2.53. The van der Waals surface area contributed by atoms with Crippen LogP contribution in [0.25, 0.3) is 0 Å². The van der Waals surface area contributed by atoms with Crippen LogP contribution in [0.1, 0.15) is 26.3 Å². The number of carbonyl (C=O) groups is 2. The van der Waals surface area contributed by atoms with Gasteiger partial charge in [-0.05, 0) is 18.2 Å². The van der Waals surface area contributed by atoms with Gasteiger partial charge in [-0.25, -0.2) is 0 Å². The minimum Gasteiger partial charge on any atom is -0.338 e. The highest BCUT2D eigenvalue weighted by Crippen LogP contribution is 2.45. The molecule has 6 heteroatoms. The van der Waals surface area contributed by atoms with E-state index in [0.717, 1.165) is 0 Å². The van der Waals surface area contributed by atoms with Crippen molar-refractivity contribution in [2.75, 3.05) is 23.8 Å². The molecule has 0 bridgehead atoms. The molecule has 1 fully saturated rings. The molecular formula is C15H18N2O4. The van der Waals surface area contributed by atoms with Gasteiger partial charge in [0.15, 0.2) is 0 Å². The first-order valence-electron chi connectivity index (χ1n) is 6.84. The zero-order valence-corrected chi connectivity index (χ0v) is 12.3. The number of nitrogens with one attached hydrogen (secondary N) is 2. The minimum atomic E-state index is -1.40. The number of anilines is 2. The molecule has 0 unspecified atom stereocenters. The van der Waals surface area contributed by atoms with Crippen molar-refractivity contribution in [1.82, 2.24) is 0 Å². The third kappa shape index (κ3) is 2.30. The SMILES string of the molecule is CC(=O)Nc1ccc2c(c1)C1(OCC(C)(C)CO1)C(=O)N2. The van der Waals surface area contributed by atoms with Crippen molar-refractivity contribution in [1.29, 1.82) is 0 Å². The molecule has 1 aromatic rings. The molecule has 2 heterocycles. The van der Waals surface area contributed by atoms with Crippen LogP contribution in [0.4, 0.5) is 11.4 Å². The van der Waals surface area contributed by atoms with E-state index in [1.54, 1.807) is 18.2 Å². The largest absolute Gasteiger partial charge is 0.338 e. The number of fused-ring (bicyclic) bond motifs is 2. The van der Waals surface area contributed by atoms with Gasteiger partial charge < -0.3 is 20.1 Å². The minimum absolute atomic E-state index is 0.135. The quantitative estimate of drug-likeness (QED) is 0.827. The maximum absolute atomic E-state index is 12.3. The average Bonchev–Trinajstić information content (AvgIpc) is 2.66. The number of hydrogen-bond acceptors (Lipinski definition) is 4. The summed E-state index contributed by atoms with van der Waals surface area (Å²) in [6.45, 7) is 6.31. The fourth-order valence-electron chi connectivity index (χ4n) is 2.50. The van der Waals surface area contributed by atoms with Crippen LogP contribution in [0.2, 0.25) is 0 Å². The number of benzene rings is 1. The van der Waals surface area contributed by atoms with E-state index in [1.165, 1.54) is 6.92 Å². The Morgan fingerprint density at radius 1 is 1.29 bits per heavy atom. The number of rotatable bonds is 1. The van der Waals surface area contributed by atoms with Gasteiger partial charge in [-0.3, -0.25) is 9.59 Å². The van der Waals surface area contributed by atoms with E-state index in [1.807, 2.05) is 13.8 Å². The zero-order valence-electron chi connectivity index (χ0n) is 12.3. The number of ether oxygens (including phenoxy) is 2. The van der Waals surface area contributed by atoms with Gasteiger partial charge in [-0.2, -0.15) is 0 Å². The maximum Gasteiger partial charge on any atom is 0.289 e. The Morgan fingerprint density at radius 2 is 1.95 bits per heavy atom. The predicted octanol–water partition coefficient (Wildman–Crippen LogP) is 1.82. The monoisotopic (exact) mass is 290 g/mol. The molecule has 2 N–H and O–H groups in total. The highest BCUT2D eigenvalue weighted by molar-refractivity contribution is 6.05. The van der Waals surface area contributed by atoms with Gasteiger partial charge in [-0.15, -0.1) is 0 Å². The second kappa shape index (κ2) is 4.54. The molecule has 0 saturated carbocycles. The molecule has 2 aliphatic rings. The van der Waals surface area contributed by atoms with Gasteiger partial charge in [0.05, 0.1) is 18.9 Å². The molecule has 2 amide bonds. The Morgan fingerprint density at radius 3 is 2.57 bits per heavy atom. The van der Waals surface area contributed by atoms with Crippen LogP contribution < -0.4 is 10.6 Å². The summed E-state index contributed by atoms with van der Waals surface area (Å²) >= 11 is 0. The molecular weight excluding hydrogens is 272 g/mol. The molecule has 0 aromatic heterocycles. The van der Waals surface area contributed by atoms with Gasteiger partial charge in [0.2, 0.25) is 5.91 Å². The van der Waals surface area contributed by atoms with Gasteiger partial charge in [-0.1, -0.05) is 13.8 Å². The molecule has 112 valence electrons. The summed E-state index contributed by atoms with van der Waals surface area (Å²) in [6, 6.07) is 5.18. The maximum atomic E-state index is 12.3. The van der Waals surface area contributed by atoms with Crippen molar-refractivity contribution >= 4 is 23.2 Å². The Labute approximate surface area is 122 Å². The molecule has 1 spiro atoms. The normalized spacial score (nSPS) is 21.8. The first-order valence-corrected chi connectivity index (χ1v) is 6.84. The molecule has 1 saturated heterocycles. The van der Waals surface area contributed by atoms with Gasteiger partial charge in [0.25, 0.3) is 11.7 Å². The summed E-state index contributed by atoms with van der Waals surface area (Å²) in [4.78, 5) is 23.5. The molecule has 1 aromatic carbocycles. The lowest BCUT2D eigenvalue weighted by molar-refractivity contribution is -0.285. The number of amides is 2. The van der Waals surface area contributed by atoms with E-state index >= 15 is 0 Å². The first-order chi connectivity index (χ1) is 9.82. The molecule has 0 atom stereocenters. The van der Waals surface area contributed by atoms with Crippen LogP contribution in [0, 0.1) is 5.41 Å². The van der Waals surface area contributed by atoms with Crippen LogP contribution >= 0.6 is 0 Å². The Hall–Kier alpha value is -1.92. The van der Waals surface area contributed by atoms with E-state index in [-0.39, 0.29) is 17.2 Å². The average molecular weight is 290 g/mol. The molecule has 3 rings (SSSR count). The van der Waals surface area contributed by atoms with Crippen LogP contribution in [-0.2, 0) is 24.8 Å². The van der Waals surface area contributed by atoms with Crippen molar-refractivity contribution in [3.63, 3.8) is 0 Å². The van der Waals surface area contributed by atoms with Crippen LogP contribution in [-0.4, -0.2) is 25.0 Å². The van der Waals surface area contributed by atoms with Crippen molar-refractivity contribution < 1.29 is 19.1 Å². The second-order valence-corrected chi connectivity index (χ2v) is 6.25.